The SMILES string of the molecule is C=C/C(C)=C\C=C\n1cnc2c(c1=O)SN1C2=CC(C(C)=O)=CN1C. The van der Waals surface area contributed by atoms with Gasteiger partial charge in [0.25, 0.3) is 5.56 Å². The standard InChI is InChI=1S/C18H18N4O2S/c1-5-12(2)7-6-8-21-11-19-16-15-9-14(13(3)23)10-20(4)22(15)25-17(16)18(21)24/h5-11H,1H2,2-4H3/b8-6+,12-7-. The number of rotatable bonds is 4. The van der Waals surface area contributed by atoms with Gasteiger partial charge in [0, 0.05) is 37.0 Å². The van der Waals surface area contributed by atoms with Crippen LogP contribution in [-0.4, -0.2) is 31.8 Å². The van der Waals surface area contributed by atoms with Crippen LogP contribution in [0.1, 0.15) is 19.5 Å². The van der Waals surface area contributed by atoms with E-state index in [2.05, 4.69) is 11.6 Å². The van der Waals surface area contributed by atoms with Crippen molar-refractivity contribution in [1.29, 1.82) is 0 Å². The van der Waals surface area contributed by atoms with Gasteiger partial charge in [-0.15, -0.1) is 0 Å². The van der Waals surface area contributed by atoms with Gasteiger partial charge in [-0.1, -0.05) is 24.3 Å². The molecule has 0 aromatic carbocycles. The predicted molar refractivity (Wildman–Crippen MR) is 100.0 cm³/mol. The number of aromatic nitrogens is 2. The highest BCUT2D eigenvalue weighted by molar-refractivity contribution is 7.97. The summed E-state index contributed by atoms with van der Waals surface area (Å²) in [4.78, 5) is 29.4. The first-order valence-electron chi connectivity index (χ1n) is 7.66. The van der Waals surface area contributed by atoms with E-state index in [1.54, 1.807) is 35.6 Å². The van der Waals surface area contributed by atoms with E-state index in [0.717, 1.165) is 11.3 Å². The molecule has 0 N–H and O–H groups in total. The number of allylic oxidation sites excluding steroid dienone is 6. The lowest BCUT2D eigenvalue weighted by molar-refractivity contribution is -0.113. The molecule has 0 unspecified atom stereocenters. The van der Waals surface area contributed by atoms with Crippen molar-refractivity contribution in [2.45, 2.75) is 18.7 Å². The minimum atomic E-state index is -0.149. The van der Waals surface area contributed by atoms with Crippen LogP contribution in [-0.2, 0) is 4.79 Å². The summed E-state index contributed by atoms with van der Waals surface area (Å²) < 4.78 is 3.29. The molecule has 1 aromatic heterocycles. The molecule has 0 bridgehead atoms. The number of fused-ring (bicyclic) bond motifs is 3. The quantitative estimate of drug-likeness (QED) is 0.612. The molecule has 3 rings (SSSR count). The Kier molecular flexibility index (Phi) is 4.50. The lowest BCUT2D eigenvalue weighted by atomic mass is 10.1. The van der Waals surface area contributed by atoms with E-state index < -0.39 is 0 Å². The Bertz CT molecular complexity index is 937. The molecule has 0 saturated carbocycles. The number of hydrogen-bond donors (Lipinski definition) is 0. The fraction of sp³-hybridized carbons (Fsp3) is 0.167. The molecular formula is C18H18N4O2S. The molecule has 3 heterocycles. The molecule has 0 radical (unpaired) electrons. The molecule has 128 valence electrons. The van der Waals surface area contributed by atoms with Gasteiger partial charge in [-0.05, 0) is 26.0 Å². The zero-order valence-corrected chi connectivity index (χ0v) is 15.1. The summed E-state index contributed by atoms with van der Waals surface area (Å²) in [6.07, 6.45) is 12.0. The predicted octanol–water partition coefficient (Wildman–Crippen LogP) is 2.84. The van der Waals surface area contributed by atoms with Crippen LogP contribution in [0, 0.1) is 0 Å². The molecule has 0 atom stereocenters. The minimum Gasteiger partial charge on any atom is -0.294 e. The molecule has 7 heteroatoms. The molecule has 0 spiro atoms. The van der Waals surface area contributed by atoms with Crippen molar-refractivity contribution in [3.05, 3.63) is 70.6 Å². The number of nitrogens with zero attached hydrogens (tertiary/aromatic N) is 4. The van der Waals surface area contributed by atoms with E-state index in [1.165, 1.54) is 29.8 Å². The van der Waals surface area contributed by atoms with Crippen molar-refractivity contribution in [2.24, 2.45) is 0 Å². The van der Waals surface area contributed by atoms with Crippen LogP contribution in [0.5, 0.6) is 0 Å². The van der Waals surface area contributed by atoms with Crippen LogP contribution in [0.2, 0.25) is 0 Å². The second kappa shape index (κ2) is 6.60. The highest BCUT2D eigenvalue weighted by Gasteiger charge is 2.34. The van der Waals surface area contributed by atoms with Gasteiger partial charge in [0.05, 0.1) is 5.70 Å². The number of hydrazine groups is 1. The maximum atomic E-state index is 12.7. The second-order valence-corrected chi connectivity index (χ2v) is 6.64. The van der Waals surface area contributed by atoms with Crippen molar-refractivity contribution >= 4 is 29.6 Å². The third-order valence-corrected chi connectivity index (χ3v) is 5.00. The van der Waals surface area contributed by atoms with Crippen molar-refractivity contribution in [3.63, 3.8) is 0 Å². The van der Waals surface area contributed by atoms with Crippen LogP contribution in [0.3, 0.4) is 0 Å². The van der Waals surface area contributed by atoms with Crippen molar-refractivity contribution in [1.82, 2.24) is 19.0 Å². The average Bonchev–Trinajstić information content (AvgIpc) is 2.97. The molecule has 25 heavy (non-hydrogen) atoms. The van der Waals surface area contributed by atoms with Crippen molar-refractivity contribution in [3.8, 4) is 0 Å². The first kappa shape index (κ1) is 17.0. The van der Waals surface area contributed by atoms with Crippen molar-refractivity contribution < 1.29 is 4.79 Å². The minimum absolute atomic E-state index is 0.0295. The number of carbonyl (C=O) groups excluding carboxylic acids is 1. The summed E-state index contributed by atoms with van der Waals surface area (Å²) >= 11 is 1.30. The molecular weight excluding hydrogens is 336 g/mol. The Hall–Kier alpha value is -2.80. The third kappa shape index (κ3) is 3.10. The zero-order valence-electron chi connectivity index (χ0n) is 14.3. The largest absolute Gasteiger partial charge is 0.294 e. The lowest BCUT2D eigenvalue weighted by Gasteiger charge is -2.31. The van der Waals surface area contributed by atoms with Crippen molar-refractivity contribution in [2.75, 3.05) is 7.05 Å². The molecule has 2 aliphatic rings. The average molecular weight is 354 g/mol. The summed E-state index contributed by atoms with van der Waals surface area (Å²) in [6, 6.07) is 0. The second-order valence-electron chi connectivity index (χ2n) is 5.70. The third-order valence-electron chi connectivity index (χ3n) is 3.82. The fourth-order valence-electron chi connectivity index (χ4n) is 2.39. The first-order valence-corrected chi connectivity index (χ1v) is 8.44. The summed E-state index contributed by atoms with van der Waals surface area (Å²) in [7, 11) is 1.83. The summed E-state index contributed by atoms with van der Waals surface area (Å²) in [5.41, 5.74) is 2.77. The molecule has 1 aromatic rings. The van der Waals surface area contributed by atoms with Crippen LogP contribution in [0.25, 0.3) is 11.9 Å². The highest BCUT2D eigenvalue weighted by atomic mass is 32.2. The van der Waals surface area contributed by atoms with E-state index in [1.807, 2.05) is 24.5 Å². The lowest BCUT2D eigenvalue weighted by Crippen LogP contribution is -2.29. The summed E-state index contributed by atoms with van der Waals surface area (Å²) in [5.74, 6) is -0.0295. The van der Waals surface area contributed by atoms with Gasteiger partial charge in [-0.2, -0.15) is 0 Å². The first-order chi connectivity index (χ1) is 11.9. The molecule has 0 fully saturated rings. The number of hydrogen-bond acceptors (Lipinski definition) is 6. The molecule has 2 aliphatic heterocycles. The molecule has 6 nitrogen and oxygen atoms in total. The van der Waals surface area contributed by atoms with Gasteiger partial charge in [0.15, 0.2) is 5.78 Å². The maximum absolute atomic E-state index is 12.7. The molecule has 0 saturated heterocycles. The van der Waals surface area contributed by atoms with E-state index in [0.29, 0.717) is 16.2 Å². The van der Waals surface area contributed by atoms with E-state index in [-0.39, 0.29) is 11.3 Å². The normalized spacial score (nSPS) is 16.5. The zero-order chi connectivity index (χ0) is 18.1. The van der Waals surface area contributed by atoms with E-state index in [9.17, 15) is 9.59 Å². The Morgan fingerprint density at radius 1 is 1.36 bits per heavy atom. The van der Waals surface area contributed by atoms with Crippen LogP contribution >= 0.6 is 11.9 Å². The van der Waals surface area contributed by atoms with E-state index >= 15 is 0 Å². The van der Waals surface area contributed by atoms with Crippen LogP contribution in [0.15, 0.2) is 64.2 Å². The van der Waals surface area contributed by atoms with Gasteiger partial charge in [-0.25, -0.2) is 9.40 Å². The highest BCUT2D eigenvalue weighted by Crippen LogP contribution is 2.43. The number of ketones is 1. The fourth-order valence-corrected chi connectivity index (χ4v) is 3.40. The topological polar surface area (TPSA) is 58.4 Å². The maximum Gasteiger partial charge on any atom is 0.273 e. The summed E-state index contributed by atoms with van der Waals surface area (Å²) in [6.45, 7) is 7.13. The van der Waals surface area contributed by atoms with Gasteiger partial charge >= 0.3 is 0 Å². The van der Waals surface area contributed by atoms with Crippen LogP contribution < -0.4 is 5.56 Å². The Morgan fingerprint density at radius 3 is 2.80 bits per heavy atom. The van der Waals surface area contributed by atoms with Gasteiger partial charge in [-0.3, -0.25) is 19.2 Å². The Morgan fingerprint density at radius 2 is 2.12 bits per heavy atom. The van der Waals surface area contributed by atoms with Gasteiger partial charge in [0.2, 0.25) is 0 Å². The van der Waals surface area contributed by atoms with E-state index in [4.69, 9.17) is 0 Å². The molecule has 0 aliphatic carbocycles. The molecule has 0 amide bonds. The summed E-state index contributed by atoms with van der Waals surface area (Å²) in [5, 5.41) is 1.79. The van der Waals surface area contributed by atoms with Gasteiger partial charge < -0.3 is 0 Å². The smallest absolute Gasteiger partial charge is 0.273 e. The Balaban J connectivity index is 2.01. The number of Topliss-reactive ketones (excluding diaryl/α,β-unsaturated/α-hetero) is 1. The van der Waals surface area contributed by atoms with Gasteiger partial charge in [0.1, 0.15) is 16.9 Å². The Labute approximate surface area is 150 Å². The number of carbonyl (C=O) groups is 1. The monoisotopic (exact) mass is 354 g/mol. The van der Waals surface area contributed by atoms with Crippen LogP contribution in [0.4, 0.5) is 0 Å².